The van der Waals surface area contributed by atoms with Gasteiger partial charge in [-0.1, -0.05) is 17.7 Å². The molecule has 7 heteroatoms. The topological polar surface area (TPSA) is 49.3 Å². The molecule has 0 fully saturated rings. The van der Waals surface area contributed by atoms with Crippen LogP contribution in [0.3, 0.4) is 0 Å². The monoisotopic (exact) mass is 366 g/mol. The Morgan fingerprint density at radius 2 is 1.84 bits per heavy atom. The molecule has 0 unspecified atom stereocenters. The van der Waals surface area contributed by atoms with Gasteiger partial charge < -0.3 is 10.6 Å². The molecular formula is C18H21ClF2N4. The number of hydrogen-bond acceptors (Lipinski definition) is 2. The van der Waals surface area contributed by atoms with Gasteiger partial charge in [-0.25, -0.2) is 13.8 Å². The highest BCUT2D eigenvalue weighted by molar-refractivity contribution is 6.29. The molecule has 0 bridgehead atoms. The second-order valence-electron chi connectivity index (χ2n) is 5.45. The van der Waals surface area contributed by atoms with E-state index in [9.17, 15) is 8.78 Å². The van der Waals surface area contributed by atoms with Gasteiger partial charge in [-0.15, -0.1) is 0 Å². The van der Waals surface area contributed by atoms with Gasteiger partial charge in [-0.3, -0.25) is 4.99 Å². The second-order valence-corrected chi connectivity index (χ2v) is 5.84. The summed E-state index contributed by atoms with van der Waals surface area (Å²) in [6.07, 6.45) is 2.98. The van der Waals surface area contributed by atoms with E-state index in [1.807, 2.05) is 13.0 Å². The minimum atomic E-state index is -0.563. The first kappa shape index (κ1) is 19.1. The van der Waals surface area contributed by atoms with Crippen LogP contribution in [0.4, 0.5) is 8.78 Å². The van der Waals surface area contributed by atoms with Gasteiger partial charge in [0.05, 0.1) is 0 Å². The number of nitrogens with zero attached hydrogens (tertiary/aromatic N) is 2. The molecule has 0 spiro atoms. The molecule has 1 aromatic carbocycles. The van der Waals surface area contributed by atoms with E-state index in [0.29, 0.717) is 36.2 Å². The molecule has 25 heavy (non-hydrogen) atoms. The molecule has 0 aliphatic heterocycles. The number of hydrogen-bond donors (Lipinski definition) is 2. The molecule has 0 saturated heterocycles. The average molecular weight is 367 g/mol. The summed E-state index contributed by atoms with van der Waals surface area (Å²) in [6.45, 7) is 3.82. The maximum Gasteiger partial charge on any atom is 0.191 e. The predicted molar refractivity (Wildman–Crippen MR) is 97.0 cm³/mol. The molecule has 1 aromatic heterocycles. The van der Waals surface area contributed by atoms with E-state index in [-0.39, 0.29) is 0 Å². The molecule has 0 aliphatic carbocycles. The van der Waals surface area contributed by atoms with Crippen molar-refractivity contribution in [2.24, 2.45) is 4.99 Å². The Bertz CT molecular complexity index is 684. The Morgan fingerprint density at radius 3 is 2.48 bits per heavy atom. The van der Waals surface area contributed by atoms with Gasteiger partial charge in [0.15, 0.2) is 5.96 Å². The summed E-state index contributed by atoms with van der Waals surface area (Å²) >= 11 is 5.76. The quantitative estimate of drug-likeness (QED) is 0.449. The van der Waals surface area contributed by atoms with Crippen molar-refractivity contribution >= 4 is 17.6 Å². The van der Waals surface area contributed by atoms with Crippen molar-refractivity contribution in [2.75, 3.05) is 19.6 Å². The Morgan fingerprint density at radius 1 is 1.08 bits per heavy atom. The number of pyridine rings is 1. The van der Waals surface area contributed by atoms with E-state index in [4.69, 9.17) is 11.6 Å². The third kappa shape index (κ3) is 7.05. The Labute approximate surface area is 151 Å². The minimum Gasteiger partial charge on any atom is -0.357 e. The summed E-state index contributed by atoms with van der Waals surface area (Å²) in [4.78, 5) is 8.52. The number of halogens is 3. The molecule has 0 aliphatic rings. The third-order valence-electron chi connectivity index (χ3n) is 3.43. The highest BCUT2D eigenvalue weighted by Gasteiger charge is 2.02. The first-order valence-electron chi connectivity index (χ1n) is 8.14. The van der Waals surface area contributed by atoms with Gasteiger partial charge >= 0.3 is 0 Å². The number of aliphatic imine (C=N–C) groups is 1. The summed E-state index contributed by atoms with van der Waals surface area (Å²) in [7, 11) is 0. The summed E-state index contributed by atoms with van der Waals surface area (Å²) in [5.74, 6) is -0.458. The van der Waals surface area contributed by atoms with Gasteiger partial charge in [0.2, 0.25) is 0 Å². The summed E-state index contributed by atoms with van der Waals surface area (Å²) < 4.78 is 26.4. The van der Waals surface area contributed by atoms with Crippen LogP contribution in [0.15, 0.2) is 41.5 Å². The van der Waals surface area contributed by atoms with Crippen LogP contribution >= 0.6 is 11.6 Å². The summed E-state index contributed by atoms with van der Waals surface area (Å²) in [5, 5.41) is 6.77. The molecule has 134 valence electrons. The molecule has 2 rings (SSSR count). The van der Waals surface area contributed by atoms with E-state index >= 15 is 0 Å². The molecule has 2 N–H and O–H groups in total. The van der Waals surface area contributed by atoms with Crippen LogP contribution in [0.25, 0.3) is 0 Å². The summed E-state index contributed by atoms with van der Waals surface area (Å²) in [6, 6.07) is 7.21. The van der Waals surface area contributed by atoms with E-state index in [0.717, 1.165) is 24.6 Å². The van der Waals surface area contributed by atoms with Crippen molar-refractivity contribution in [3.8, 4) is 0 Å². The van der Waals surface area contributed by atoms with Gasteiger partial charge in [0, 0.05) is 31.9 Å². The Kier molecular flexibility index (Phi) is 7.60. The Balaban J connectivity index is 1.83. The smallest absolute Gasteiger partial charge is 0.191 e. The van der Waals surface area contributed by atoms with Crippen LogP contribution in [0.5, 0.6) is 0 Å². The van der Waals surface area contributed by atoms with E-state index in [1.54, 1.807) is 12.3 Å². The van der Waals surface area contributed by atoms with Crippen molar-refractivity contribution in [2.45, 2.75) is 19.8 Å². The van der Waals surface area contributed by atoms with Gasteiger partial charge in [-0.05, 0) is 49.1 Å². The van der Waals surface area contributed by atoms with Crippen LogP contribution in [0, 0.1) is 11.6 Å². The first-order chi connectivity index (χ1) is 12.1. The van der Waals surface area contributed by atoms with Crippen molar-refractivity contribution in [3.63, 3.8) is 0 Å². The number of aromatic nitrogens is 1. The van der Waals surface area contributed by atoms with Gasteiger partial charge in [0.25, 0.3) is 0 Å². The fourth-order valence-electron chi connectivity index (χ4n) is 2.27. The van der Waals surface area contributed by atoms with E-state index in [1.165, 1.54) is 12.1 Å². The summed E-state index contributed by atoms with van der Waals surface area (Å²) in [5.41, 5.74) is 1.66. The molecule has 1 heterocycles. The van der Waals surface area contributed by atoms with Crippen LogP contribution in [0.1, 0.15) is 18.1 Å². The SMILES string of the molecule is CCNC(=NCCc1ccc(Cl)nc1)NCCc1cc(F)cc(F)c1. The largest absolute Gasteiger partial charge is 0.357 e. The first-order valence-corrected chi connectivity index (χ1v) is 8.52. The predicted octanol–water partition coefficient (Wildman–Crippen LogP) is 3.35. The van der Waals surface area contributed by atoms with Crippen LogP contribution in [0.2, 0.25) is 5.15 Å². The van der Waals surface area contributed by atoms with Crippen LogP contribution < -0.4 is 10.6 Å². The van der Waals surface area contributed by atoms with Crippen molar-refractivity contribution < 1.29 is 8.78 Å². The van der Waals surface area contributed by atoms with Gasteiger partial charge in [-0.2, -0.15) is 0 Å². The standard InChI is InChI=1S/C18H21ClF2N4/c1-2-22-18(23-7-5-13-3-4-17(19)25-12-13)24-8-6-14-9-15(20)11-16(21)10-14/h3-4,9-12H,2,5-8H2,1H3,(H2,22,23,24). The maximum atomic E-state index is 13.2. The number of guanidine groups is 1. The molecule has 0 atom stereocenters. The molecule has 0 saturated carbocycles. The second kappa shape index (κ2) is 9.93. The van der Waals surface area contributed by atoms with E-state index < -0.39 is 11.6 Å². The number of benzene rings is 1. The average Bonchev–Trinajstić information content (AvgIpc) is 2.56. The molecule has 0 amide bonds. The van der Waals surface area contributed by atoms with Crippen LogP contribution in [-0.2, 0) is 12.8 Å². The highest BCUT2D eigenvalue weighted by atomic mass is 35.5. The highest BCUT2D eigenvalue weighted by Crippen LogP contribution is 2.08. The maximum absolute atomic E-state index is 13.2. The third-order valence-corrected chi connectivity index (χ3v) is 3.66. The lowest BCUT2D eigenvalue weighted by Crippen LogP contribution is -2.38. The Hall–Kier alpha value is -2.21. The van der Waals surface area contributed by atoms with Crippen molar-refractivity contribution in [1.82, 2.24) is 15.6 Å². The van der Waals surface area contributed by atoms with Gasteiger partial charge in [0.1, 0.15) is 16.8 Å². The number of rotatable bonds is 7. The van der Waals surface area contributed by atoms with Crippen molar-refractivity contribution in [1.29, 1.82) is 0 Å². The molecule has 2 aromatic rings. The minimum absolute atomic E-state index is 0.469. The number of nitrogens with one attached hydrogen (secondary N) is 2. The zero-order valence-corrected chi connectivity index (χ0v) is 14.8. The lowest BCUT2D eigenvalue weighted by atomic mass is 10.1. The molecule has 0 radical (unpaired) electrons. The normalized spacial score (nSPS) is 11.4. The molecule has 4 nitrogen and oxygen atoms in total. The van der Waals surface area contributed by atoms with Crippen molar-refractivity contribution in [3.05, 3.63) is 64.4 Å². The fourth-order valence-corrected chi connectivity index (χ4v) is 2.39. The van der Waals surface area contributed by atoms with E-state index in [2.05, 4.69) is 20.6 Å². The van der Waals surface area contributed by atoms with Crippen LogP contribution in [-0.4, -0.2) is 30.6 Å². The fraction of sp³-hybridized carbons (Fsp3) is 0.333. The zero-order chi connectivity index (χ0) is 18.1. The molecular weight excluding hydrogens is 346 g/mol. The lowest BCUT2D eigenvalue weighted by Gasteiger charge is -2.11. The lowest BCUT2D eigenvalue weighted by molar-refractivity contribution is 0.579. The zero-order valence-electron chi connectivity index (χ0n) is 14.0.